The smallest absolute Gasteiger partial charge is 0.257 e. The van der Waals surface area contributed by atoms with E-state index < -0.39 is 5.91 Å². The monoisotopic (exact) mass is 359 g/mol. The Kier molecular flexibility index (Phi) is 5.65. The van der Waals surface area contributed by atoms with Gasteiger partial charge in [0.1, 0.15) is 18.1 Å². The van der Waals surface area contributed by atoms with Gasteiger partial charge in [0.05, 0.1) is 24.3 Å². The Labute approximate surface area is 157 Å². The van der Waals surface area contributed by atoms with Crippen molar-refractivity contribution in [2.24, 2.45) is 0 Å². The molecule has 1 heterocycles. The minimum absolute atomic E-state index is 0.249. The highest BCUT2D eigenvalue weighted by Gasteiger charge is 2.13. The molecule has 0 unspecified atom stereocenters. The fourth-order valence-corrected chi connectivity index (χ4v) is 2.45. The zero-order chi connectivity index (χ0) is 19.1. The third-order valence-electron chi connectivity index (χ3n) is 3.81. The molecule has 0 fully saturated rings. The van der Waals surface area contributed by atoms with Gasteiger partial charge in [-0.25, -0.2) is 0 Å². The van der Waals surface area contributed by atoms with Crippen molar-refractivity contribution < 1.29 is 14.3 Å². The van der Waals surface area contributed by atoms with E-state index in [0.29, 0.717) is 23.8 Å². The number of nitrogens with zero attached hydrogens (tertiary/aromatic N) is 2. The number of hydrogen-bond donors (Lipinski definition) is 1. The topological polar surface area (TPSA) is 84.2 Å². The Bertz CT molecular complexity index is 981. The average molecular weight is 359 g/mol. The first kappa shape index (κ1) is 18.0. The molecule has 0 spiro atoms. The Morgan fingerprint density at radius 3 is 2.78 bits per heavy atom. The quantitative estimate of drug-likeness (QED) is 0.724. The van der Waals surface area contributed by atoms with E-state index in [2.05, 4.69) is 10.3 Å². The van der Waals surface area contributed by atoms with Gasteiger partial charge in [-0.2, -0.15) is 5.26 Å². The number of anilines is 1. The summed E-state index contributed by atoms with van der Waals surface area (Å²) >= 11 is 0. The molecule has 0 aliphatic carbocycles. The molecule has 3 aromatic rings. The van der Waals surface area contributed by atoms with Gasteiger partial charge in [0.15, 0.2) is 0 Å². The lowest BCUT2D eigenvalue weighted by Crippen LogP contribution is -2.13. The SMILES string of the molecule is COc1ccc(C#N)c(C(=O)Nc2cccc(OCc3cccnc3)c2)c1. The lowest BCUT2D eigenvalue weighted by molar-refractivity contribution is 0.102. The molecule has 1 amide bonds. The molecule has 0 atom stereocenters. The van der Waals surface area contributed by atoms with Crippen LogP contribution < -0.4 is 14.8 Å². The summed E-state index contributed by atoms with van der Waals surface area (Å²) in [6.07, 6.45) is 3.44. The highest BCUT2D eigenvalue weighted by atomic mass is 16.5. The molecule has 0 aliphatic rings. The second-order valence-electron chi connectivity index (χ2n) is 5.66. The summed E-state index contributed by atoms with van der Waals surface area (Å²) < 4.78 is 10.9. The Morgan fingerprint density at radius 1 is 1.15 bits per heavy atom. The Hall–Kier alpha value is -3.85. The third-order valence-corrected chi connectivity index (χ3v) is 3.81. The molecule has 0 saturated carbocycles. The van der Waals surface area contributed by atoms with Gasteiger partial charge in [-0.15, -0.1) is 0 Å². The summed E-state index contributed by atoms with van der Waals surface area (Å²) in [5.74, 6) is 0.727. The first-order valence-corrected chi connectivity index (χ1v) is 8.21. The van der Waals surface area contributed by atoms with E-state index >= 15 is 0 Å². The lowest BCUT2D eigenvalue weighted by atomic mass is 10.1. The fourth-order valence-electron chi connectivity index (χ4n) is 2.45. The molecular weight excluding hydrogens is 342 g/mol. The number of benzene rings is 2. The predicted molar refractivity (Wildman–Crippen MR) is 101 cm³/mol. The number of rotatable bonds is 6. The molecule has 6 nitrogen and oxygen atoms in total. The van der Waals surface area contributed by atoms with E-state index in [0.717, 1.165) is 5.56 Å². The molecule has 1 aromatic heterocycles. The number of carbonyl (C=O) groups excluding carboxylic acids is 1. The minimum Gasteiger partial charge on any atom is -0.497 e. The van der Waals surface area contributed by atoms with Crippen LogP contribution in [0, 0.1) is 11.3 Å². The number of pyridine rings is 1. The maximum atomic E-state index is 12.6. The molecule has 27 heavy (non-hydrogen) atoms. The van der Waals surface area contributed by atoms with Crippen LogP contribution in [0.1, 0.15) is 21.5 Å². The van der Waals surface area contributed by atoms with Gasteiger partial charge in [0.2, 0.25) is 0 Å². The van der Waals surface area contributed by atoms with Crippen LogP contribution in [0.3, 0.4) is 0 Å². The largest absolute Gasteiger partial charge is 0.497 e. The van der Waals surface area contributed by atoms with E-state index in [-0.39, 0.29) is 11.1 Å². The van der Waals surface area contributed by atoms with Gasteiger partial charge in [-0.3, -0.25) is 9.78 Å². The van der Waals surface area contributed by atoms with Crippen LogP contribution >= 0.6 is 0 Å². The van der Waals surface area contributed by atoms with Gasteiger partial charge in [-0.05, 0) is 36.4 Å². The van der Waals surface area contributed by atoms with Crippen molar-refractivity contribution in [2.45, 2.75) is 6.61 Å². The molecule has 6 heteroatoms. The molecule has 0 radical (unpaired) electrons. The van der Waals surface area contributed by atoms with Crippen molar-refractivity contribution in [3.63, 3.8) is 0 Å². The molecule has 1 N–H and O–H groups in total. The number of ether oxygens (including phenoxy) is 2. The summed E-state index contributed by atoms with van der Waals surface area (Å²) in [7, 11) is 1.51. The number of aromatic nitrogens is 1. The molecule has 3 rings (SSSR count). The Morgan fingerprint density at radius 2 is 2.04 bits per heavy atom. The highest BCUT2D eigenvalue weighted by molar-refractivity contribution is 6.06. The van der Waals surface area contributed by atoms with Crippen LogP contribution in [0.5, 0.6) is 11.5 Å². The van der Waals surface area contributed by atoms with Gasteiger partial charge in [-0.1, -0.05) is 12.1 Å². The van der Waals surface area contributed by atoms with Crippen LogP contribution in [0.4, 0.5) is 5.69 Å². The van der Waals surface area contributed by atoms with Crippen LogP contribution in [0.25, 0.3) is 0 Å². The first-order chi connectivity index (χ1) is 13.2. The summed E-state index contributed by atoms with van der Waals surface area (Å²) in [6, 6.07) is 17.6. The van der Waals surface area contributed by atoms with Gasteiger partial charge >= 0.3 is 0 Å². The van der Waals surface area contributed by atoms with Gasteiger partial charge < -0.3 is 14.8 Å². The first-order valence-electron chi connectivity index (χ1n) is 8.21. The second kappa shape index (κ2) is 8.50. The summed E-state index contributed by atoms with van der Waals surface area (Å²) in [5, 5.41) is 12.0. The van der Waals surface area contributed by atoms with E-state index in [9.17, 15) is 10.1 Å². The molecule has 2 aromatic carbocycles. The van der Waals surface area contributed by atoms with Crippen LogP contribution in [0.15, 0.2) is 67.0 Å². The molecule has 0 bridgehead atoms. The number of hydrogen-bond acceptors (Lipinski definition) is 5. The maximum Gasteiger partial charge on any atom is 0.257 e. The number of methoxy groups -OCH3 is 1. The Balaban J connectivity index is 1.72. The number of carbonyl (C=O) groups is 1. The molecule has 0 saturated heterocycles. The fraction of sp³-hybridized carbons (Fsp3) is 0.0952. The highest BCUT2D eigenvalue weighted by Crippen LogP contribution is 2.22. The van der Waals surface area contributed by atoms with Crippen LogP contribution in [-0.4, -0.2) is 18.0 Å². The molecule has 0 aliphatic heterocycles. The standard InChI is InChI=1S/C21H17N3O3/c1-26-18-8-7-16(12-22)20(11-18)21(25)24-17-5-2-6-19(10-17)27-14-15-4-3-9-23-13-15/h2-11,13H,14H2,1H3,(H,24,25). The summed E-state index contributed by atoms with van der Waals surface area (Å²) in [5.41, 5.74) is 2.04. The van der Waals surface area contributed by atoms with E-state index in [1.807, 2.05) is 18.2 Å². The van der Waals surface area contributed by atoms with Crippen LogP contribution in [0.2, 0.25) is 0 Å². The van der Waals surface area contributed by atoms with E-state index in [1.165, 1.54) is 13.2 Å². The van der Waals surface area contributed by atoms with Gasteiger partial charge in [0, 0.05) is 29.7 Å². The normalized spacial score (nSPS) is 9.93. The zero-order valence-electron chi connectivity index (χ0n) is 14.7. The number of amides is 1. The van der Waals surface area contributed by atoms with Crippen molar-refractivity contribution in [2.75, 3.05) is 12.4 Å². The molecule has 134 valence electrons. The molecular formula is C21H17N3O3. The van der Waals surface area contributed by atoms with Crippen molar-refractivity contribution in [3.8, 4) is 17.6 Å². The maximum absolute atomic E-state index is 12.6. The zero-order valence-corrected chi connectivity index (χ0v) is 14.7. The van der Waals surface area contributed by atoms with Crippen molar-refractivity contribution in [1.82, 2.24) is 4.98 Å². The summed E-state index contributed by atoms with van der Waals surface area (Å²) in [6.45, 7) is 0.375. The average Bonchev–Trinajstić information content (AvgIpc) is 2.72. The second-order valence-corrected chi connectivity index (χ2v) is 5.66. The van der Waals surface area contributed by atoms with E-state index in [4.69, 9.17) is 9.47 Å². The lowest BCUT2D eigenvalue weighted by Gasteiger charge is -2.10. The van der Waals surface area contributed by atoms with Crippen LogP contribution in [-0.2, 0) is 6.61 Å². The van der Waals surface area contributed by atoms with Crippen molar-refractivity contribution in [1.29, 1.82) is 5.26 Å². The summed E-state index contributed by atoms with van der Waals surface area (Å²) in [4.78, 5) is 16.6. The van der Waals surface area contributed by atoms with E-state index in [1.54, 1.807) is 48.8 Å². The number of nitrogens with one attached hydrogen (secondary N) is 1. The van der Waals surface area contributed by atoms with Crippen molar-refractivity contribution >= 4 is 11.6 Å². The number of nitriles is 1. The predicted octanol–water partition coefficient (Wildman–Crippen LogP) is 3.79. The minimum atomic E-state index is -0.394. The van der Waals surface area contributed by atoms with Crippen molar-refractivity contribution in [3.05, 3.63) is 83.7 Å². The van der Waals surface area contributed by atoms with Gasteiger partial charge in [0.25, 0.3) is 5.91 Å². The third kappa shape index (κ3) is 4.61.